The van der Waals surface area contributed by atoms with Gasteiger partial charge in [-0.15, -0.1) is 0 Å². The average molecular weight is 704 g/mol. The van der Waals surface area contributed by atoms with Gasteiger partial charge in [0.05, 0.1) is 39.9 Å². The van der Waals surface area contributed by atoms with E-state index in [4.69, 9.17) is 9.05 Å². The number of rotatable bonds is 36. The van der Waals surface area contributed by atoms with Crippen LogP contribution in [0.15, 0.2) is 12.2 Å². The van der Waals surface area contributed by atoms with Crippen molar-refractivity contribution in [1.29, 1.82) is 0 Å². The number of phosphoric acid groups is 1. The van der Waals surface area contributed by atoms with Crippen LogP contribution in [0.4, 0.5) is 0 Å². The number of aliphatic hydroxyl groups is 1. The molecule has 8 nitrogen and oxygen atoms in total. The van der Waals surface area contributed by atoms with E-state index in [-0.39, 0.29) is 19.1 Å². The van der Waals surface area contributed by atoms with Crippen molar-refractivity contribution in [1.82, 2.24) is 5.32 Å². The highest BCUT2D eigenvalue weighted by molar-refractivity contribution is 7.47. The molecule has 0 saturated carbocycles. The minimum Gasteiger partial charge on any atom is -0.391 e. The molecule has 286 valence electrons. The molecule has 1 amide bonds. The van der Waals surface area contributed by atoms with Crippen LogP contribution in [0.5, 0.6) is 0 Å². The number of allylic oxidation sites excluding steroid dienone is 2. The van der Waals surface area contributed by atoms with Crippen molar-refractivity contribution in [2.24, 2.45) is 0 Å². The lowest BCUT2D eigenvalue weighted by Gasteiger charge is -2.26. The zero-order valence-corrected chi connectivity index (χ0v) is 33.1. The van der Waals surface area contributed by atoms with E-state index in [0.717, 1.165) is 38.5 Å². The molecule has 3 N–H and O–H groups in total. The van der Waals surface area contributed by atoms with Crippen molar-refractivity contribution in [3.8, 4) is 0 Å². The highest BCUT2D eigenvalue weighted by atomic mass is 31.2. The number of nitrogens with zero attached hydrogens (tertiary/aromatic N) is 1. The topological polar surface area (TPSA) is 105 Å². The number of hydrogen-bond acceptors (Lipinski definition) is 5. The summed E-state index contributed by atoms with van der Waals surface area (Å²) < 4.78 is 23.5. The largest absolute Gasteiger partial charge is 0.472 e. The zero-order valence-electron chi connectivity index (χ0n) is 32.2. The van der Waals surface area contributed by atoms with E-state index in [2.05, 4.69) is 31.3 Å². The van der Waals surface area contributed by atoms with E-state index in [1.54, 1.807) is 0 Å². The van der Waals surface area contributed by atoms with E-state index in [9.17, 15) is 19.4 Å². The Bertz CT molecular complexity index is 804. The molecule has 0 spiro atoms. The van der Waals surface area contributed by atoms with Crippen molar-refractivity contribution in [3.63, 3.8) is 0 Å². The Kier molecular flexibility index (Phi) is 31.7. The van der Waals surface area contributed by atoms with Crippen LogP contribution in [0.3, 0.4) is 0 Å². The second-order valence-electron chi connectivity index (χ2n) is 15.0. The van der Waals surface area contributed by atoms with Crippen LogP contribution in [0.1, 0.15) is 181 Å². The van der Waals surface area contributed by atoms with Crippen molar-refractivity contribution in [2.45, 2.75) is 193 Å². The number of nitrogens with one attached hydrogen (secondary N) is 1. The molecule has 0 rings (SSSR count). The zero-order chi connectivity index (χ0) is 35.8. The fourth-order valence-electron chi connectivity index (χ4n) is 5.74. The van der Waals surface area contributed by atoms with Gasteiger partial charge in [0.1, 0.15) is 13.2 Å². The number of hydrogen-bond donors (Lipinski definition) is 3. The first-order chi connectivity index (χ1) is 23.0. The molecule has 0 aromatic rings. The summed E-state index contributed by atoms with van der Waals surface area (Å²) in [7, 11) is 1.61. The van der Waals surface area contributed by atoms with Gasteiger partial charge in [0.25, 0.3) is 0 Å². The molecule has 0 bridgehead atoms. The van der Waals surface area contributed by atoms with Crippen molar-refractivity contribution >= 4 is 13.7 Å². The standard InChI is InChI=1S/C39H79N2O6P/c1-6-8-10-12-14-16-17-18-19-20-21-22-23-24-25-27-29-31-33-39(43)40-37(36-47-48(44,45)46-35-34-41(3,4)5)38(42)32-30-28-26-15-13-11-9-7-2/h19-20,37-38,42H,6-18,21-36H2,1-5H3,(H-,40,43,44,45)/p+1/b20-19-. The third-order valence-corrected chi connectivity index (χ3v) is 10.00. The Morgan fingerprint density at radius 3 is 1.60 bits per heavy atom. The van der Waals surface area contributed by atoms with Gasteiger partial charge in [-0.1, -0.05) is 148 Å². The summed E-state index contributed by atoms with van der Waals surface area (Å²) in [5.41, 5.74) is 0. The van der Waals surface area contributed by atoms with Gasteiger partial charge in [-0.25, -0.2) is 4.57 Å². The normalized spacial score (nSPS) is 14.7. The van der Waals surface area contributed by atoms with Crippen molar-refractivity contribution < 1.29 is 32.9 Å². The van der Waals surface area contributed by atoms with E-state index >= 15 is 0 Å². The first-order valence-corrected chi connectivity index (χ1v) is 21.5. The van der Waals surface area contributed by atoms with E-state index < -0.39 is 20.0 Å². The molecule has 9 heteroatoms. The molecule has 0 radical (unpaired) electrons. The maximum absolute atomic E-state index is 12.8. The second-order valence-corrected chi connectivity index (χ2v) is 16.5. The summed E-state index contributed by atoms with van der Waals surface area (Å²) in [6, 6.07) is -0.755. The minimum atomic E-state index is -4.30. The summed E-state index contributed by atoms with van der Waals surface area (Å²) in [5.74, 6) is -0.152. The Morgan fingerprint density at radius 1 is 0.688 bits per heavy atom. The summed E-state index contributed by atoms with van der Waals surface area (Å²) >= 11 is 0. The maximum Gasteiger partial charge on any atom is 0.472 e. The van der Waals surface area contributed by atoms with Gasteiger partial charge >= 0.3 is 7.82 Å². The molecule has 0 heterocycles. The first kappa shape index (κ1) is 47.2. The molecule has 0 saturated heterocycles. The van der Waals surface area contributed by atoms with Crippen molar-refractivity contribution in [2.75, 3.05) is 40.9 Å². The Labute approximate surface area is 297 Å². The lowest BCUT2D eigenvalue weighted by molar-refractivity contribution is -0.870. The number of phosphoric ester groups is 1. The van der Waals surface area contributed by atoms with Gasteiger partial charge in [-0.3, -0.25) is 13.8 Å². The second kappa shape index (κ2) is 32.2. The van der Waals surface area contributed by atoms with Crippen molar-refractivity contribution in [3.05, 3.63) is 12.2 Å². The number of carbonyl (C=O) groups is 1. The van der Waals surface area contributed by atoms with E-state index in [1.165, 1.54) is 116 Å². The van der Waals surface area contributed by atoms with Gasteiger partial charge in [0.2, 0.25) is 5.91 Å². The molecule has 3 atom stereocenters. The quantitative estimate of drug-likeness (QED) is 0.0260. The van der Waals surface area contributed by atoms with Crippen LogP contribution in [0.25, 0.3) is 0 Å². The number of aliphatic hydroxyl groups excluding tert-OH is 1. The molecular formula is C39H80N2O6P+. The predicted octanol–water partition coefficient (Wildman–Crippen LogP) is 10.4. The van der Waals surface area contributed by atoms with Gasteiger partial charge in [0.15, 0.2) is 0 Å². The summed E-state index contributed by atoms with van der Waals surface area (Å²) in [5, 5.41) is 13.8. The highest BCUT2D eigenvalue weighted by Gasteiger charge is 2.28. The number of unbranched alkanes of at least 4 members (excludes halogenated alkanes) is 21. The van der Waals surface area contributed by atoms with Gasteiger partial charge in [-0.2, -0.15) is 0 Å². The average Bonchev–Trinajstić information content (AvgIpc) is 3.02. The third kappa shape index (κ3) is 33.7. The minimum absolute atomic E-state index is 0.0749. The fourth-order valence-corrected chi connectivity index (χ4v) is 6.48. The first-order valence-electron chi connectivity index (χ1n) is 20.1. The van der Waals surface area contributed by atoms with Crippen LogP contribution >= 0.6 is 7.82 Å². The lowest BCUT2D eigenvalue weighted by atomic mass is 10.0. The maximum atomic E-state index is 12.8. The molecule has 0 aliphatic carbocycles. The summed E-state index contributed by atoms with van der Waals surface area (Å²) in [4.78, 5) is 23.0. The molecule has 48 heavy (non-hydrogen) atoms. The third-order valence-electron chi connectivity index (χ3n) is 9.01. The fraction of sp³-hybridized carbons (Fsp3) is 0.923. The SMILES string of the molecule is CCCCCCCCC/C=C\CCCCCCCCCC(=O)NC(COP(=O)(O)OCC[N+](C)(C)C)C(O)CCCCCCCCCC. The van der Waals surface area contributed by atoms with Gasteiger partial charge < -0.3 is 19.8 Å². The molecule has 0 aromatic carbocycles. The monoisotopic (exact) mass is 704 g/mol. The number of quaternary nitrogens is 1. The summed E-state index contributed by atoms with van der Waals surface area (Å²) in [6.45, 7) is 4.84. The van der Waals surface area contributed by atoms with Gasteiger partial charge in [0, 0.05) is 6.42 Å². The lowest BCUT2D eigenvalue weighted by Crippen LogP contribution is -2.46. The van der Waals surface area contributed by atoms with E-state index in [0.29, 0.717) is 23.9 Å². The van der Waals surface area contributed by atoms with Crippen LogP contribution in [-0.4, -0.2) is 73.4 Å². The molecule has 0 aromatic heterocycles. The van der Waals surface area contributed by atoms with Crippen LogP contribution in [0.2, 0.25) is 0 Å². The molecule has 0 fully saturated rings. The molecular weight excluding hydrogens is 623 g/mol. The number of likely N-dealkylation sites (N-methyl/N-ethyl adjacent to an activating group) is 1. The highest BCUT2D eigenvalue weighted by Crippen LogP contribution is 2.43. The van der Waals surface area contributed by atoms with Crippen LogP contribution in [-0.2, 0) is 18.4 Å². The summed E-state index contributed by atoms with van der Waals surface area (Å²) in [6.07, 6.45) is 33.8. The molecule has 0 aliphatic heterocycles. The Balaban J connectivity index is 4.30. The number of carbonyl (C=O) groups excluding carboxylic acids is 1. The molecule has 0 aliphatic rings. The van der Waals surface area contributed by atoms with Crippen LogP contribution < -0.4 is 5.32 Å². The Morgan fingerprint density at radius 2 is 1.12 bits per heavy atom. The predicted molar refractivity (Wildman–Crippen MR) is 203 cm³/mol. The van der Waals surface area contributed by atoms with Gasteiger partial charge in [-0.05, 0) is 38.5 Å². The smallest absolute Gasteiger partial charge is 0.391 e. The molecule has 3 unspecified atom stereocenters. The number of amides is 1. The Hall–Kier alpha value is -0.760. The van der Waals surface area contributed by atoms with E-state index in [1.807, 2.05) is 21.1 Å². The van der Waals surface area contributed by atoms with Crippen LogP contribution in [0, 0.1) is 0 Å².